The number of hydrogen-bond acceptors (Lipinski definition) is 2. The molecule has 1 aromatic rings. The lowest BCUT2D eigenvalue weighted by Crippen LogP contribution is -1.93. The van der Waals surface area contributed by atoms with Crippen molar-refractivity contribution in [2.45, 2.75) is 13.8 Å². The van der Waals surface area contributed by atoms with E-state index < -0.39 is 0 Å². The molecule has 1 aromatic carbocycles. The minimum absolute atomic E-state index is 0.751. The maximum absolute atomic E-state index is 5.52. The second kappa shape index (κ2) is 4.55. The number of rotatable bonds is 3. The van der Waals surface area contributed by atoms with Crippen LogP contribution in [0.15, 0.2) is 36.1 Å². The Labute approximate surface area is 78.8 Å². The zero-order chi connectivity index (χ0) is 9.68. The number of allylic oxidation sites excluding steroid dienone is 2. The maximum Gasteiger partial charge on any atom is 0.168 e. The van der Waals surface area contributed by atoms with Gasteiger partial charge in [0.15, 0.2) is 11.5 Å². The summed E-state index contributed by atoms with van der Waals surface area (Å²) >= 11 is 0. The van der Waals surface area contributed by atoms with Gasteiger partial charge >= 0.3 is 0 Å². The fourth-order valence-electron chi connectivity index (χ4n) is 0.935. The smallest absolute Gasteiger partial charge is 0.168 e. The zero-order valence-electron chi connectivity index (χ0n) is 8.20. The summed E-state index contributed by atoms with van der Waals surface area (Å²) in [5.74, 6) is 2.37. The van der Waals surface area contributed by atoms with E-state index in [-0.39, 0.29) is 0 Å². The molecule has 0 unspecified atom stereocenters. The predicted octanol–water partition coefficient (Wildman–Crippen LogP) is 3.00. The minimum atomic E-state index is 0.751. The van der Waals surface area contributed by atoms with Crippen LogP contribution in [0.5, 0.6) is 11.5 Å². The van der Waals surface area contributed by atoms with Crippen molar-refractivity contribution in [3.8, 4) is 11.5 Å². The van der Waals surface area contributed by atoms with E-state index in [0.29, 0.717) is 0 Å². The van der Waals surface area contributed by atoms with Gasteiger partial charge in [0.1, 0.15) is 0 Å². The van der Waals surface area contributed by atoms with Crippen molar-refractivity contribution >= 4 is 0 Å². The molecule has 13 heavy (non-hydrogen) atoms. The Hall–Kier alpha value is -1.44. The molecule has 0 aromatic heterocycles. The first-order valence-corrected chi connectivity index (χ1v) is 4.21. The zero-order valence-corrected chi connectivity index (χ0v) is 8.20. The predicted molar refractivity (Wildman–Crippen MR) is 53.1 cm³/mol. The van der Waals surface area contributed by atoms with Gasteiger partial charge in [-0.15, -0.1) is 0 Å². The van der Waals surface area contributed by atoms with E-state index >= 15 is 0 Å². The first-order chi connectivity index (χ1) is 6.27. The molecule has 0 amide bonds. The lowest BCUT2D eigenvalue weighted by molar-refractivity contribution is 0.361. The molecular weight excluding hydrogens is 164 g/mol. The molecule has 0 heterocycles. The molecule has 2 heteroatoms. The van der Waals surface area contributed by atoms with Crippen molar-refractivity contribution in [1.82, 2.24) is 0 Å². The van der Waals surface area contributed by atoms with Crippen LogP contribution in [0.25, 0.3) is 0 Å². The molecule has 0 atom stereocenters. The van der Waals surface area contributed by atoms with E-state index in [0.717, 1.165) is 17.3 Å². The fourth-order valence-corrected chi connectivity index (χ4v) is 0.935. The number of ether oxygens (including phenoxy) is 2. The third kappa shape index (κ3) is 2.51. The molecule has 1 rings (SSSR count). The van der Waals surface area contributed by atoms with Crippen LogP contribution in [-0.2, 0) is 0 Å². The Morgan fingerprint density at radius 3 is 2.38 bits per heavy atom. The van der Waals surface area contributed by atoms with Gasteiger partial charge in [-0.25, -0.2) is 0 Å². The monoisotopic (exact) mass is 178 g/mol. The van der Waals surface area contributed by atoms with Gasteiger partial charge in [-0.05, 0) is 32.1 Å². The molecule has 0 fully saturated rings. The summed E-state index contributed by atoms with van der Waals surface area (Å²) in [5.41, 5.74) is 0. The van der Waals surface area contributed by atoms with Gasteiger partial charge < -0.3 is 9.47 Å². The molecule has 70 valence electrons. The molecule has 0 radical (unpaired) electrons. The highest BCUT2D eigenvalue weighted by molar-refractivity contribution is 5.40. The van der Waals surface area contributed by atoms with Crippen LogP contribution in [0.4, 0.5) is 0 Å². The summed E-state index contributed by atoms with van der Waals surface area (Å²) in [6, 6.07) is 7.58. The number of benzene rings is 1. The highest BCUT2D eigenvalue weighted by atomic mass is 16.5. The first-order valence-electron chi connectivity index (χ1n) is 4.21. The summed E-state index contributed by atoms with van der Waals surface area (Å²) in [7, 11) is 1.63. The Kier molecular flexibility index (Phi) is 3.38. The number of methoxy groups -OCH3 is 1. The maximum atomic E-state index is 5.52. The summed E-state index contributed by atoms with van der Waals surface area (Å²) in [6.07, 6.45) is 1.91. The summed E-state index contributed by atoms with van der Waals surface area (Å²) in [6.45, 7) is 3.84. The van der Waals surface area contributed by atoms with Crippen molar-refractivity contribution in [3.05, 3.63) is 36.1 Å². The summed E-state index contributed by atoms with van der Waals surface area (Å²) in [4.78, 5) is 0. The lowest BCUT2D eigenvalue weighted by Gasteiger charge is -2.09. The van der Waals surface area contributed by atoms with E-state index in [9.17, 15) is 0 Å². The summed E-state index contributed by atoms with van der Waals surface area (Å²) < 4.78 is 10.7. The van der Waals surface area contributed by atoms with E-state index in [4.69, 9.17) is 9.47 Å². The van der Waals surface area contributed by atoms with Gasteiger partial charge in [0.05, 0.1) is 12.9 Å². The second-order valence-electron chi connectivity index (χ2n) is 2.65. The molecule has 2 nitrogen and oxygen atoms in total. The van der Waals surface area contributed by atoms with Gasteiger partial charge in [0.2, 0.25) is 0 Å². The number of para-hydroxylation sites is 2. The third-order valence-electron chi connectivity index (χ3n) is 1.75. The molecule has 0 aliphatic rings. The van der Waals surface area contributed by atoms with Crippen LogP contribution in [0.1, 0.15) is 13.8 Å². The minimum Gasteiger partial charge on any atom is -0.493 e. The van der Waals surface area contributed by atoms with Gasteiger partial charge in [0, 0.05) is 0 Å². The van der Waals surface area contributed by atoms with E-state index in [2.05, 4.69) is 0 Å². The van der Waals surface area contributed by atoms with Crippen molar-refractivity contribution in [2.24, 2.45) is 0 Å². The quantitative estimate of drug-likeness (QED) is 0.662. The van der Waals surface area contributed by atoms with Crippen molar-refractivity contribution in [3.63, 3.8) is 0 Å². The topological polar surface area (TPSA) is 18.5 Å². The Morgan fingerprint density at radius 2 is 1.85 bits per heavy atom. The molecule has 0 spiro atoms. The van der Waals surface area contributed by atoms with E-state index in [1.807, 2.05) is 44.2 Å². The molecule has 0 saturated carbocycles. The largest absolute Gasteiger partial charge is 0.493 e. The highest BCUT2D eigenvalue weighted by Crippen LogP contribution is 2.27. The van der Waals surface area contributed by atoms with Crippen LogP contribution in [-0.4, -0.2) is 7.11 Å². The highest BCUT2D eigenvalue weighted by Gasteiger charge is 2.01. The average molecular weight is 178 g/mol. The first kappa shape index (κ1) is 9.65. The SMILES string of the molecule is CC=C(C)Oc1ccccc1OC. The van der Waals surface area contributed by atoms with Crippen LogP contribution >= 0.6 is 0 Å². The van der Waals surface area contributed by atoms with Gasteiger partial charge in [0.25, 0.3) is 0 Å². The van der Waals surface area contributed by atoms with Gasteiger partial charge in [-0.2, -0.15) is 0 Å². The molecule has 0 aliphatic carbocycles. The molecule has 0 saturated heterocycles. The van der Waals surface area contributed by atoms with E-state index in [1.54, 1.807) is 7.11 Å². The molecular formula is C11H14O2. The molecule has 0 aliphatic heterocycles. The van der Waals surface area contributed by atoms with Crippen molar-refractivity contribution < 1.29 is 9.47 Å². The van der Waals surface area contributed by atoms with Gasteiger partial charge in [-0.3, -0.25) is 0 Å². The Morgan fingerprint density at radius 1 is 1.23 bits per heavy atom. The third-order valence-corrected chi connectivity index (χ3v) is 1.75. The van der Waals surface area contributed by atoms with Crippen molar-refractivity contribution in [2.75, 3.05) is 7.11 Å². The normalized spacial score (nSPS) is 11.2. The van der Waals surface area contributed by atoms with Crippen LogP contribution in [0.3, 0.4) is 0 Å². The summed E-state index contributed by atoms with van der Waals surface area (Å²) in [5, 5.41) is 0. The fraction of sp³-hybridized carbons (Fsp3) is 0.273. The number of hydrogen-bond donors (Lipinski definition) is 0. The van der Waals surface area contributed by atoms with Crippen LogP contribution < -0.4 is 9.47 Å². The Bertz CT molecular complexity index is 303. The lowest BCUT2D eigenvalue weighted by atomic mass is 10.3. The second-order valence-corrected chi connectivity index (χ2v) is 2.65. The Balaban J connectivity index is 2.87. The van der Waals surface area contributed by atoms with Crippen LogP contribution in [0, 0.1) is 0 Å². The van der Waals surface area contributed by atoms with Crippen LogP contribution in [0.2, 0.25) is 0 Å². The van der Waals surface area contributed by atoms with Gasteiger partial charge in [-0.1, -0.05) is 12.1 Å². The van der Waals surface area contributed by atoms with E-state index in [1.165, 1.54) is 0 Å². The average Bonchev–Trinajstić information content (AvgIpc) is 2.18. The van der Waals surface area contributed by atoms with Crippen molar-refractivity contribution in [1.29, 1.82) is 0 Å². The standard InChI is InChI=1S/C11H14O2/c1-4-9(2)13-11-8-6-5-7-10(11)12-3/h4-8H,1-3H3. The molecule has 0 bridgehead atoms. The molecule has 0 N–H and O–H groups in total.